The minimum atomic E-state index is -0.445. The Bertz CT molecular complexity index is 1160. The summed E-state index contributed by atoms with van der Waals surface area (Å²) in [6.07, 6.45) is 1.86. The zero-order chi connectivity index (χ0) is 23.1. The zero-order valence-corrected chi connectivity index (χ0v) is 18.7. The van der Waals surface area contributed by atoms with Crippen molar-refractivity contribution in [1.29, 1.82) is 0 Å². The molecule has 166 valence electrons. The number of fused-ring (bicyclic) bond motifs is 1. The first-order chi connectivity index (χ1) is 15.4. The van der Waals surface area contributed by atoms with Gasteiger partial charge in [0.25, 0.3) is 5.91 Å². The van der Waals surface area contributed by atoms with Crippen LogP contribution in [-0.4, -0.2) is 55.2 Å². The predicted molar refractivity (Wildman–Crippen MR) is 127 cm³/mol. The molecule has 7 nitrogen and oxygen atoms in total. The molecular formula is C24H25ClN4O3. The molecule has 0 saturated carbocycles. The van der Waals surface area contributed by atoms with Gasteiger partial charge in [0.2, 0.25) is 5.91 Å². The molecule has 0 saturated heterocycles. The molecule has 0 fully saturated rings. The van der Waals surface area contributed by atoms with Gasteiger partial charge in [0.15, 0.2) is 0 Å². The largest absolute Gasteiger partial charge is 0.506 e. The molecule has 3 aromatic rings. The number of halogens is 1. The van der Waals surface area contributed by atoms with Crippen LogP contribution in [0.25, 0.3) is 10.8 Å². The molecular weight excluding hydrogens is 428 g/mol. The van der Waals surface area contributed by atoms with Crippen LogP contribution in [0, 0.1) is 0 Å². The fraction of sp³-hybridized carbons (Fsp3) is 0.208. The number of nitrogens with zero attached hydrogens (tertiary/aromatic N) is 2. The minimum absolute atomic E-state index is 0.0478. The number of phenols is 1. The zero-order valence-electron chi connectivity index (χ0n) is 17.9. The van der Waals surface area contributed by atoms with Gasteiger partial charge in [0, 0.05) is 31.3 Å². The van der Waals surface area contributed by atoms with Gasteiger partial charge >= 0.3 is 0 Å². The summed E-state index contributed by atoms with van der Waals surface area (Å²) in [6.45, 7) is 1.38. The highest BCUT2D eigenvalue weighted by atomic mass is 35.5. The number of hydrazone groups is 1. The number of hydrogen-bond acceptors (Lipinski definition) is 5. The molecule has 0 aliphatic heterocycles. The van der Waals surface area contributed by atoms with E-state index >= 15 is 0 Å². The van der Waals surface area contributed by atoms with Gasteiger partial charge in [0.1, 0.15) is 5.75 Å². The number of likely N-dealkylation sites (N-methyl/N-ethyl adjacent to an activating group) is 2. The van der Waals surface area contributed by atoms with E-state index in [1.807, 2.05) is 43.4 Å². The van der Waals surface area contributed by atoms with E-state index in [0.29, 0.717) is 13.0 Å². The van der Waals surface area contributed by atoms with Crippen LogP contribution in [0.5, 0.6) is 5.75 Å². The van der Waals surface area contributed by atoms with Crippen LogP contribution >= 0.6 is 11.6 Å². The van der Waals surface area contributed by atoms with Crippen molar-refractivity contribution >= 4 is 40.4 Å². The van der Waals surface area contributed by atoms with E-state index in [1.165, 1.54) is 18.2 Å². The lowest BCUT2D eigenvalue weighted by Gasteiger charge is -2.17. The van der Waals surface area contributed by atoms with Crippen molar-refractivity contribution < 1.29 is 14.7 Å². The number of carbonyl (C=O) groups is 2. The number of benzene rings is 3. The molecule has 0 unspecified atom stereocenters. The van der Waals surface area contributed by atoms with Crippen molar-refractivity contribution in [3.05, 3.63) is 76.3 Å². The highest BCUT2D eigenvalue weighted by Crippen LogP contribution is 2.24. The summed E-state index contributed by atoms with van der Waals surface area (Å²) in [6, 6.07) is 15.7. The maximum atomic E-state index is 12.6. The lowest BCUT2D eigenvalue weighted by molar-refractivity contribution is -0.129. The molecule has 0 aromatic heterocycles. The Morgan fingerprint density at radius 2 is 1.88 bits per heavy atom. The van der Waals surface area contributed by atoms with E-state index in [9.17, 15) is 14.7 Å². The van der Waals surface area contributed by atoms with Crippen molar-refractivity contribution in [2.75, 3.05) is 27.2 Å². The topological polar surface area (TPSA) is 94.0 Å². The van der Waals surface area contributed by atoms with Crippen molar-refractivity contribution in [2.45, 2.75) is 6.42 Å². The number of aromatic hydroxyl groups is 1. The third-order valence-electron chi connectivity index (χ3n) is 5.09. The van der Waals surface area contributed by atoms with Gasteiger partial charge in [-0.1, -0.05) is 48.0 Å². The van der Waals surface area contributed by atoms with Crippen LogP contribution in [0.4, 0.5) is 0 Å². The molecule has 0 aliphatic rings. The van der Waals surface area contributed by atoms with Crippen LogP contribution < -0.4 is 10.7 Å². The van der Waals surface area contributed by atoms with Gasteiger partial charge < -0.3 is 15.3 Å². The van der Waals surface area contributed by atoms with Crippen molar-refractivity contribution in [3.8, 4) is 5.75 Å². The summed E-state index contributed by atoms with van der Waals surface area (Å²) < 4.78 is 0. The van der Waals surface area contributed by atoms with Crippen molar-refractivity contribution in [1.82, 2.24) is 15.6 Å². The first-order valence-corrected chi connectivity index (χ1v) is 10.5. The fourth-order valence-corrected chi connectivity index (χ4v) is 3.41. The van der Waals surface area contributed by atoms with Crippen molar-refractivity contribution in [2.24, 2.45) is 5.10 Å². The van der Waals surface area contributed by atoms with Gasteiger partial charge in [-0.2, -0.15) is 5.10 Å². The molecule has 3 rings (SSSR count). The summed E-state index contributed by atoms with van der Waals surface area (Å²) in [5.74, 6) is -0.490. The molecule has 32 heavy (non-hydrogen) atoms. The molecule has 2 amide bonds. The number of nitrogens with one attached hydrogen (secondary N) is 2. The second kappa shape index (κ2) is 10.7. The number of phenolic OH excluding ortho intramolecular Hbond substituents is 1. The molecule has 0 spiro atoms. The molecule has 3 N–H and O–H groups in total. The van der Waals surface area contributed by atoms with Crippen LogP contribution in [0.15, 0.2) is 59.7 Å². The lowest BCUT2D eigenvalue weighted by Crippen LogP contribution is -2.33. The van der Waals surface area contributed by atoms with Crippen LogP contribution in [0.2, 0.25) is 5.02 Å². The van der Waals surface area contributed by atoms with Crippen LogP contribution in [0.3, 0.4) is 0 Å². The summed E-state index contributed by atoms with van der Waals surface area (Å²) in [4.78, 5) is 26.6. The normalized spacial score (nSPS) is 11.1. The first kappa shape index (κ1) is 23.2. The molecule has 0 radical (unpaired) electrons. The lowest BCUT2D eigenvalue weighted by atomic mass is 9.98. The van der Waals surface area contributed by atoms with Gasteiger partial charge in [-0.25, -0.2) is 5.43 Å². The Kier molecular flexibility index (Phi) is 7.81. The summed E-state index contributed by atoms with van der Waals surface area (Å²) in [5.41, 5.74) is 4.49. The Balaban J connectivity index is 1.77. The number of amides is 2. The third kappa shape index (κ3) is 5.63. The second-order valence-corrected chi connectivity index (χ2v) is 7.73. The Morgan fingerprint density at radius 3 is 2.59 bits per heavy atom. The van der Waals surface area contributed by atoms with Gasteiger partial charge in [0.05, 0.1) is 17.7 Å². The Morgan fingerprint density at radius 1 is 1.12 bits per heavy atom. The average Bonchev–Trinajstić information content (AvgIpc) is 2.80. The highest BCUT2D eigenvalue weighted by molar-refractivity contribution is 6.32. The molecule has 8 heteroatoms. The maximum Gasteiger partial charge on any atom is 0.271 e. The Labute approximate surface area is 191 Å². The quantitative estimate of drug-likeness (QED) is 0.361. The smallest absolute Gasteiger partial charge is 0.271 e. The molecule has 3 aromatic carbocycles. The monoisotopic (exact) mass is 452 g/mol. The van der Waals surface area contributed by atoms with E-state index in [1.54, 1.807) is 18.2 Å². The van der Waals surface area contributed by atoms with E-state index in [-0.39, 0.29) is 22.2 Å². The summed E-state index contributed by atoms with van der Waals surface area (Å²) >= 11 is 5.85. The Hall–Kier alpha value is -3.42. The number of carbonyl (C=O) groups excluding carboxylic acids is 2. The summed E-state index contributed by atoms with van der Waals surface area (Å²) in [7, 11) is 3.65. The third-order valence-corrected chi connectivity index (χ3v) is 5.40. The molecule has 0 atom stereocenters. The fourth-order valence-electron chi connectivity index (χ4n) is 3.23. The average molecular weight is 453 g/mol. The first-order valence-electron chi connectivity index (χ1n) is 10.1. The standard InChI is InChI=1S/C24H25ClN4O3/c1-26-11-12-29(2)23(31)14-16-7-8-18(20-6-4-3-5-19(16)20)15-27-28-24(32)17-9-10-22(30)21(25)13-17/h3-10,13,15,26,30H,11-12,14H2,1-2H3,(H,28,32)/b27-15+. The van der Waals surface area contributed by atoms with Gasteiger partial charge in [-0.05, 0) is 41.6 Å². The number of hydrogen-bond donors (Lipinski definition) is 3. The van der Waals surface area contributed by atoms with E-state index in [2.05, 4.69) is 15.8 Å². The predicted octanol–water partition coefficient (Wildman–Crippen LogP) is 3.18. The van der Waals surface area contributed by atoms with E-state index < -0.39 is 5.91 Å². The van der Waals surface area contributed by atoms with Gasteiger partial charge in [-0.3, -0.25) is 9.59 Å². The van der Waals surface area contributed by atoms with E-state index in [4.69, 9.17) is 11.6 Å². The molecule has 0 aliphatic carbocycles. The maximum absolute atomic E-state index is 12.6. The minimum Gasteiger partial charge on any atom is -0.506 e. The van der Waals surface area contributed by atoms with Crippen LogP contribution in [0.1, 0.15) is 21.5 Å². The number of rotatable bonds is 8. The second-order valence-electron chi connectivity index (χ2n) is 7.32. The SMILES string of the molecule is CNCCN(C)C(=O)Cc1ccc(/C=N/NC(=O)c2ccc(O)c(Cl)c2)c2ccccc12. The molecule has 0 heterocycles. The molecule has 0 bridgehead atoms. The highest BCUT2D eigenvalue weighted by Gasteiger charge is 2.13. The van der Waals surface area contributed by atoms with E-state index in [0.717, 1.165) is 28.4 Å². The van der Waals surface area contributed by atoms with Gasteiger partial charge in [-0.15, -0.1) is 0 Å². The summed E-state index contributed by atoms with van der Waals surface area (Å²) in [5, 5.41) is 18.6. The van der Waals surface area contributed by atoms with Crippen LogP contribution in [-0.2, 0) is 11.2 Å². The van der Waals surface area contributed by atoms with Crippen molar-refractivity contribution in [3.63, 3.8) is 0 Å².